The Bertz CT molecular complexity index is 1890. The summed E-state index contributed by atoms with van der Waals surface area (Å²) >= 11 is 5.96. The normalized spacial score (nSPS) is 9.53. The number of hydrogen-bond donors (Lipinski definition) is 0. The van der Waals surface area contributed by atoms with Crippen LogP contribution in [0.1, 0.15) is 230 Å². The molecular formula is C59H77ClO4. The monoisotopic (exact) mass is 885 g/mol. The SMILES string of the molecule is C#CC#CC#CC#CC#CC#CC#CC#COc1cc(C(=O)Cl)cc(OCCCCCCCCCCCCCCCCCC)c1OCCCCCCCCCCCCCCCCCC. The lowest BCUT2D eigenvalue weighted by atomic mass is 10.0. The summed E-state index contributed by atoms with van der Waals surface area (Å²) in [5.74, 6) is 36.3. The Labute approximate surface area is 397 Å². The zero-order valence-electron chi connectivity index (χ0n) is 39.8. The highest BCUT2D eigenvalue weighted by atomic mass is 35.5. The molecule has 0 saturated carbocycles. The van der Waals surface area contributed by atoms with Crippen LogP contribution in [0.25, 0.3) is 0 Å². The molecular weight excluding hydrogens is 808 g/mol. The molecule has 1 aromatic carbocycles. The fraction of sp³-hybridized carbons (Fsp3) is 0.610. The van der Waals surface area contributed by atoms with Gasteiger partial charge in [-0.25, -0.2) is 0 Å². The molecule has 1 aromatic rings. The number of carbonyl (C=O) groups is 1. The van der Waals surface area contributed by atoms with E-state index in [1.807, 2.05) is 0 Å². The predicted molar refractivity (Wildman–Crippen MR) is 271 cm³/mol. The second-order valence-electron chi connectivity index (χ2n) is 16.4. The Kier molecular flexibility index (Phi) is 41.1. The summed E-state index contributed by atoms with van der Waals surface area (Å²) in [4.78, 5) is 12.3. The van der Waals surface area contributed by atoms with Crippen LogP contribution in [0.15, 0.2) is 12.1 Å². The number of halogens is 1. The zero-order chi connectivity index (χ0) is 46.1. The molecule has 0 spiro atoms. The molecule has 5 heteroatoms. The first kappa shape index (κ1) is 57.1. The smallest absolute Gasteiger partial charge is 0.252 e. The maximum absolute atomic E-state index is 12.3. The topological polar surface area (TPSA) is 44.8 Å². The molecule has 0 saturated heterocycles. The second kappa shape index (κ2) is 46.1. The lowest BCUT2D eigenvalue weighted by Gasteiger charge is -2.16. The first-order valence-corrected chi connectivity index (χ1v) is 25.3. The van der Waals surface area contributed by atoms with Crippen molar-refractivity contribution in [1.82, 2.24) is 0 Å². The van der Waals surface area contributed by atoms with Crippen LogP contribution < -0.4 is 14.2 Å². The van der Waals surface area contributed by atoms with Crippen molar-refractivity contribution in [3.05, 3.63) is 17.7 Å². The average Bonchev–Trinajstić information content (AvgIpc) is 3.30. The van der Waals surface area contributed by atoms with Crippen LogP contribution in [0, 0.1) is 95.4 Å². The molecule has 0 bridgehead atoms. The van der Waals surface area contributed by atoms with Crippen LogP contribution in [-0.4, -0.2) is 18.5 Å². The molecule has 344 valence electrons. The number of terminal acetylenes is 1. The number of benzene rings is 1. The van der Waals surface area contributed by atoms with E-state index in [-0.39, 0.29) is 11.3 Å². The van der Waals surface area contributed by atoms with E-state index in [4.69, 9.17) is 32.2 Å². The van der Waals surface area contributed by atoms with E-state index in [0.717, 1.165) is 25.7 Å². The van der Waals surface area contributed by atoms with Crippen molar-refractivity contribution >= 4 is 16.8 Å². The Morgan fingerprint density at radius 1 is 0.422 bits per heavy atom. The average molecular weight is 886 g/mol. The molecule has 0 amide bonds. The standard InChI is InChI=1S/C59H77ClO4/c1-4-7-10-13-16-19-22-25-28-30-33-36-39-42-45-48-51-63-57-54-55(59(60)61)53-56(62-50-47-44-41-38-35-32-27-24-21-18-15-12-9-6-3)58(57)64-52-49-46-43-40-37-34-31-29-26-23-20-17-14-11-8-5-2/h3,53-54H,4-5,7-8,10-11,13-14,16-17,19-20,22-23,25-26,28-31,33-34,36-37,39-40,42-43,45-46,48-49,51-52H2,1-2H3. The van der Waals surface area contributed by atoms with Gasteiger partial charge in [0.1, 0.15) is 6.11 Å². The molecule has 0 N–H and O–H groups in total. The Morgan fingerprint density at radius 2 is 0.719 bits per heavy atom. The minimum atomic E-state index is -0.625. The summed E-state index contributed by atoms with van der Waals surface area (Å²) in [7, 11) is 0. The zero-order valence-corrected chi connectivity index (χ0v) is 40.5. The maximum Gasteiger partial charge on any atom is 0.252 e. The van der Waals surface area contributed by atoms with Crippen LogP contribution in [0.3, 0.4) is 0 Å². The fourth-order valence-electron chi connectivity index (χ4n) is 7.16. The Balaban J connectivity index is 2.68. The molecule has 0 aliphatic rings. The van der Waals surface area contributed by atoms with E-state index in [2.05, 4.69) is 103 Å². The van der Waals surface area contributed by atoms with Gasteiger partial charge in [0.05, 0.1) is 13.2 Å². The van der Waals surface area contributed by atoms with Gasteiger partial charge in [0, 0.05) is 47.0 Å². The molecule has 0 aromatic heterocycles. The molecule has 0 aliphatic heterocycles. The molecule has 0 aliphatic carbocycles. The highest BCUT2D eigenvalue weighted by Gasteiger charge is 2.18. The van der Waals surface area contributed by atoms with Crippen molar-refractivity contribution in [2.45, 2.75) is 219 Å². The maximum atomic E-state index is 12.3. The largest absolute Gasteiger partial charge is 0.490 e. The summed E-state index contributed by atoms with van der Waals surface area (Å²) in [5.41, 5.74) is 0.236. The third-order valence-electron chi connectivity index (χ3n) is 10.8. The van der Waals surface area contributed by atoms with Crippen molar-refractivity contribution in [2.24, 2.45) is 0 Å². The van der Waals surface area contributed by atoms with Gasteiger partial charge < -0.3 is 14.2 Å². The minimum Gasteiger partial charge on any atom is -0.490 e. The first-order valence-electron chi connectivity index (χ1n) is 24.9. The summed E-state index contributed by atoms with van der Waals surface area (Å²) in [6.45, 7) is 5.53. The van der Waals surface area contributed by atoms with Gasteiger partial charge in [0.15, 0.2) is 11.5 Å². The summed E-state index contributed by atoms with van der Waals surface area (Å²) in [6.07, 6.45) is 49.2. The number of ether oxygens (including phenoxy) is 3. The van der Waals surface area contributed by atoms with Crippen LogP contribution >= 0.6 is 11.6 Å². The van der Waals surface area contributed by atoms with E-state index in [9.17, 15) is 4.79 Å². The molecule has 0 atom stereocenters. The quantitative estimate of drug-likeness (QED) is 0.0377. The number of rotatable bonds is 38. The van der Waals surface area contributed by atoms with Gasteiger partial charge in [-0.15, -0.1) is 6.42 Å². The number of carbonyl (C=O) groups excluding carboxylic acids is 1. The van der Waals surface area contributed by atoms with E-state index >= 15 is 0 Å². The molecule has 0 fully saturated rings. The summed E-state index contributed by atoms with van der Waals surface area (Å²) < 4.78 is 18.3. The molecule has 0 heterocycles. The van der Waals surface area contributed by atoms with Gasteiger partial charge in [0.25, 0.3) is 5.24 Å². The predicted octanol–water partition coefficient (Wildman–Crippen LogP) is 15.3. The van der Waals surface area contributed by atoms with E-state index < -0.39 is 5.24 Å². The van der Waals surface area contributed by atoms with Crippen molar-refractivity contribution in [3.8, 4) is 113 Å². The van der Waals surface area contributed by atoms with Crippen molar-refractivity contribution < 1.29 is 19.0 Å². The van der Waals surface area contributed by atoms with Gasteiger partial charge in [-0.05, 0) is 78.0 Å². The lowest BCUT2D eigenvalue weighted by Crippen LogP contribution is -2.06. The second-order valence-corrected chi connectivity index (χ2v) is 16.7. The van der Waals surface area contributed by atoms with Crippen molar-refractivity contribution in [2.75, 3.05) is 13.2 Å². The molecule has 64 heavy (non-hydrogen) atoms. The first-order chi connectivity index (χ1) is 31.6. The third-order valence-corrected chi connectivity index (χ3v) is 11.0. The van der Waals surface area contributed by atoms with Crippen LogP contribution in [-0.2, 0) is 0 Å². The van der Waals surface area contributed by atoms with Gasteiger partial charge in [-0.2, -0.15) is 0 Å². The number of hydrogen-bond acceptors (Lipinski definition) is 4. The lowest BCUT2D eigenvalue weighted by molar-refractivity contribution is 0.108. The minimum absolute atomic E-state index is 0.236. The van der Waals surface area contributed by atoms with E-state index in [1.165, 1.54) is 186 Å². The van der Waals surface area contributed by atoms with Crippen LogP contribution in [0.4, 0.5) is 0 Å². The van der Waals surface area contributed by atoms with Gasteiger partial charge in [-0.3, -0.25) is 4.79 Å². The van der Waals surface area contributed by atoms with Crippen LogP contribution in [0.2, 0.25) is 0 Å². The van der Waals surface area contributed by atoms with Gasteiger partial charge >= 0.3 is 0 Å². The number of unbranched alkanes of at least 4 members (excludes halogenated alkanes) is 30. The van der Waals surface area contributed by atoms with Gasteiger partial charge in [-0.1, -0.05) is 206 Å². The summed E-state index contributed by atoms with van der Waals surface area (Å²) in [5, 5.41) is -0.625. The highest BCUT2D eigenvalue weighted by molar-refractivity contribution is 6.67. The van der Waals surface area contributed by atoms with Gasteiger partial charge in [0.2, 0.25) is 5.75 Å². The van der Waals surface area contributed by atoms with Crippen molar-refractivity contribution in [3.63, 3.8) is 0 Å². The molecule has 4 nitrogen and oxygen atoms in total. The fourth-order valence-corrected chi connectivity index (χ4v) is 7.27. The summed E-state index contributed by atoms with van der Waals surface area (Å²) in [6, 6.07) is 3.16. The van der Waals surface area contributed by atoms with E-state index in [0.29, 0.717) is 24.7 Å². The van der Waals surface area contributed by atoms with Crippen LogP contribution in [0.5, 0.6) is 17.2 Å². The third kappa shape index (κ3) is 36.5. The van der Waals surface area contributed by atoms with E-state index in [1.54, 1.807) is 6.07 Å². The molecule has 1 rings (SSSR count). The van der Waals surface area contributed by atoms with Crippen molar-refractivity contribution in [1.29, 1.82) is 0 Å². The Morgan fingerprint density at radius 3 is 1.06 bits per heavy atom. The highest BCUT2D eigenvalue weighted by Crippen LogP contribution is 2.40. The molecule has 0 unspecified atom stereocenters. The Hall–Kier alpha value is -4.94. The molecule has 0 radical (unpaired) electrons.